The molecule has 0 unspecified atom stereocenters. The normalized spacial score (nSPS) is 16.0. The lowest BCUT2D eigenvalue weighted by molar-refractivity contribution is -0.0494. The minimum atomic E-state index is -2.70. The van der Waals surface area contributed by atoms with E-state index in [-0.39, 0.29) is 31.8 Å². The Morgan fingerprint density at radius 1 is 1.15 bits per heavy atom. The zero-order chi connectivity index (χ0) is 18.7. The number of piperidine rings is 1. The maximum absolute atomic E-state index is 13.2. The molecule has 1 fully saturated rings. The van der Waals surface area contributed by atoms with Gasteiger partial charge in [-0.05, 0) is 30.3 Å². The Labute approximate surface area is 150 Å². The molecule has 1 heterocycles. The number of nitrogen functional groups attached to an aromatic ring is 1. The molecule has 0 spiro atoms. The summed E-state index contributed by atoms with van der Waals surface area (Å²) in [5.41, 5.74) is 8.38. The number of alkyl halides is 2. The molecule has 0 bridgehead atoms. The fourth-order valence-corrected chi connectivity index (χ4v) is 2.86. The predicted molar refractivity (Wildman–Crippen MR) is 95.4 cm³/mol. The lowest BCUT2D eigenvalue weighted by Crippen LogP contribution is -2.42. The second-order valence-corrected chi connectivity index (χ2v) is 6.23. The van der Waals surface area contributed by atoms with Crippen LogP contribution in [0.15, 0.2) is 42.5 Å². The van der Waals surface area contributed by atoms with Gasteiger partial charge in [0.25, 0.3) is 11.8 Å². The number of rotatable bonds is 3. The Morgan fingerprint density at radius 3 is 2.50 bits per heavy atom. The number of nitrogens with one attached hydrogen (secondary N) is 1. The van der Waals surface area contributed by atoms with E-state index in [4.69, 9.17) is 11.0 Å². The topological polar surface area (TPSA) is 82.2 Å². The number of carbonyl (C=O) groups excluding carboxylic acids is 1. The Morgan fingerprint density at radius 2 is 1.85 bits per heavy atom. The molecule has 26 heavy (non-hydrogen) atoms. The monoisotopic (exact) mass is 356 g/mol. The van der Waals surface area contributed by atoms with Gasteiger partial charge in [-0.2, -0.15) is 5.26 Å². The molecule has 0 saturated carbocycles. The molecule has 0 atom stereocenters. The summed E-state index contributed by atoms with van der Waals surface area (Å²) in [4.78, 5) is 13.9. The fraction of sp³-hybridized carbons (Fsp3) is 0.263. The smallest absolute Gasteiger partial charge is 0.253 e. The Bertz CT molecular complexity index is 866. The number of hydrogen-bond acceptors (Lipinski definition) is 4. The summed E-state index contributed by atoms with van der Waals surface area (Å²) in [5.74, 6) is -3.01. The molecule has 2 aromatic carbocycles. The molecular weight excluding hydrogens is 338 g/mol. The lowest BCUT2D eigenvalue weighted by Gasteiger charge is -2.31. The molecule has 0 aliphatic carbocycles. The number of halogens is 2. The van der Waals surface area contributed by atoms with Crippen LogP contribution >= 0.6 is 0 Å². The lowest BCUT2D eigenvalue weighted by atomic mass is 10.0. The molecule has 3 rings (SSSR count). The van der Waals surface area contributed by atoms with Crippen molar-refractivity contribution in [3.63, 3.8) is 0 Å². The second-order valence-electron chi connectivity index (χ2n) is 6.23. The van der Waals surface area contributed by atoms with Crippen molar-refractivity contribution in [2.24, 2.45) is 0 Å². The summed E-state index contributed by atoms with van der Waals surface area (Å²) in [5, 5.41) is 12.2. The van der Waals surface area contributed by atoms with Crippen LogP contribution < -0.4 is 11.1 Å². The van der Waals surface area contributed by atoms with Crippen molar-refractivity contribution >= 4 is 23.0 Å². The predicted octanol–water partition coefficient (Wildman–Crippen LogP) is 3.76. The zero-order valence-electron chi connectivity index (χ0n) is 14.0. The highest BCUT2D eigenvalue weighted by molar-refractivity contribution is 5.96. The molecule has 1 aliphatic heterocycles. The van der Waals surface area contributed by atoms with Gasteiger partial charge >= 0.3 is 0 Å². The van der Waals surface area contributed by atoms with Crippen LogP contribution in [0, 0.1) is 11.3 Å². The number of nitrogens with two attached hydrogens (primary N) is 1. The number of nitriles is 1. The van der Waals surface area contributed by atoms with Gasteiger partial charge in [-0.15, -0.1) is 0 Å². The molecule has 2 aromatic rings. The number of likely N-dealkylation sites (tertiary alicyclic amines) is 1. The zero-order valence-corrected chi connectivity index (χ0v) is 14.0. The second kappa shape index (κ2) is 7.00. The van der Waals surface area contributed by atoms with Crippen molar-refractivity contribution in [1.82, 2.24) is 4.90 Å². The van der Waals surface area contributed by atoms with Crippen molar-refractivity contribution in [2.75, 3.05) is 24.1 Å². The van der Waals surface area contributed by atoms with E-state index in [9.17, 15) is 13.6 Å². The summed E-state index contributed by atoms with van der Waals surface area (Å²) >= 11 is 0. The Hall–Kier alpha value is -3.14. The standard InChI is InChI=1S/C19H18F2N4O/c20-19(21)7-9-25(10-8-19)18(26)13-5-6-17(15(23)11-13)24-16-4-2-1-3-14(16)12-22/h1-6,11,24H,7-10,23H2. The van der Waals surface area contributed by atoms with E-state index in [1.54, 1.807) is 36.4 Å². The van der Waals surface area contributed by atoms with E-state index < -0.39 is 5.92 Å². The highest BCUT2D eigenvalue weighted by atomic mass is 19.3. The van der Waals surface area contributed by atoms with E-state index in [1.165, 1.54) is 11.0 Å². The number of amides is 1. The third-order valence-corrected chi connectivity index (χ3v) is 4.40. The van der Waals surface area contributed by atoms with E-state index in [0.29, 0.717) is 28.2 Å². The van der Waals surface area contributed by atoms with Crippen LogP contribution in [-0.2, 0) is 0 Å². The van der Waals surface area contributed by atoms with Gasteiger partial charge in [0.05, 0.1) is 22.6 Å². The van der Waals surface area contributed by atoms with Gasteiger partial charge in [0.15, 0.2) is 0 Å². The summed E-state index contributed by atoms with van der Waals surface area (Å²) in [6.45, 7) is 0.0581. The molecule has 0 aromatic heterocycles. The maximum atomic E-state index is 13.2. The third-order valence-electron chi connectivity index (χ3n) is 4.40. The molecular formula is C19H18F2N4O. The summed E-state index contributed by atoms with van der Waals surface area (Å²) in [6.07, 6.45) is -0.641. The van der Waals surface area contributed by atoms with Gasteiger partial charge in [0.1, 0.15) is 6.07 Å². The van der Waals surface area contributed by atoms with Crippen LogP contribution in [0.25, 0.3) is 0 Å². The van der Waals surface area contributed by atoms with Crippen molar-refractivity contribution in [3.8, 4) is 6.07 Å². The molecule has 1 saturated heterocycles. The van der Waals surface area contributed by atoms with Gasteiger partial charge in [-0.25, -0.2) is 8.78 Å². The fourth-order valence-electron chi connectivity index (χ4n) is 2.86. The first-order valence-electron chi connectivity index (χ1n) is 8.22. The molecule has 1 amide bonds. The van der Waals surface area contributed by atoms with Crippen molar-refractivity contribution in [3.05, 3.63) is 53.6 Å². The van der Waals surface area contributed by atoms with Gasteiger partial charge in [-0.1, -0.05) is 12.1 Å². The van der Waals surface area contributed by atoms with Gasteiger partial charge in [-0.3, -0.25) is 4.79 Å². The number of carbonyl (C=O) groups is 1. The minimum absolute atomic E-state index is 0.0291. The van der Waals surface area contributed by atoms with Gasteiger partial charge < -0.3 is 16.0 Å². The number of benzene rings is 2. The third kappa shape index (κ3) is 3.75. The Kier molecular flexibility index (Phi) is 4.76. The first-order chi connectivity index (χ1) is 12.4. The van der Waals surface area contributed by atoms with Crippen LogP contribution in [0.5, 0.6) is 0 Å². The highest BCUT2D eigenvalue weighted by Crippen LogP contribution is 2.30. The molecule has 134 valence electrons. The average molecular weight is 356 g/mol. The Balaban J connectivity index is 1.75. The first-order valence-corrected chi connectivity index (χ1v) is 8.22. The molecule has 7 heteroatoms. The van der Waals surface area contributed by atoms with E-state index in [0.717, 1.165) is 0 Å². The molecule has 3 N–H and O–H groups in total. The van der Waals surface area contributed by atoms with E-state index in [2.05, 4.69) is 11.4 Å². The van der Waals surface area contributed by atoms with Crippen LogP contribution in [0.1, 0.15) is 28.8 Å². The van der Waals surface area contributed by atoms with Crippen LogP contribution in [-0.4, -0.2) is 29.8 Å². The van der Waals surface area contributed by atoms with Gasteiger partial charge in [0.2, 0.25) is 0 Å². The van der Waals surface area contributed by atoms with Crippen LogP contribution in [0.4, 0.5) is 25.8 Å². The van der Waals surface area contributed by atoms with E-state index in [1.807, 2.05) is 0 Å². The number of para-hydroxylation sites is 1. The summed E-state index contributed by atoms with van der Waals surface area (Å²) in [7, 11) is 0. The molecule has 0 radical (unpaired) electrons. The van der Waals surface area contributed by atoms with Crippen molar-refractivity contribution < 1.29 is 13.6 Å². The number of anilines is 3. The largest absolute Gasteiger partial charge is 0.397 e. The van der Waals surface area contributed by atoms with E-state index >= 15 is 0 Å². The highest BCUT2D eigenvalue weighted by Gasteiger charge is 2.35. The first kappa shape index (κ1) is 17.7. The average Bonchev–Trinajstić information content (AvgIpc) is 2.63. The molecule has 1 aliphatic rings. The summed E-state index contributed by atoms with van der Waals surface area (Å²) < 4.78 is 26.5. The number of nitrogens with zero attached hydrogens (tertiary/aromatic N) is 2. The molecule has 5 nitrogen and oxygen atoms in total. The number of hydrogen-bond donors (Lipinski definition) is 2. The van der Waals surface area contributed by atoms with Crippen molar-refractivity contribution in [2.45, 2.75) is 18.8 Å². The van der Waals surface area contributed by atoms with Crippen molar-refractivity contribution in [1.29, 1.82) is 5.26 Å². The quantitative estimate of drug-likeness (QED) is 0.821. The summed E-state index contributed by atoms with van der Waals surface area (Å²) in [6, 6.07) is 13.9. The van der Waals surface area contributed by atoms with Gasteiger partial charge in [0, 0.05) is 31.5 Å². The maximum Gasteiger partial charge on any atom is 0.253 e. The van der Waals surface area contributed by atoms with Crippen LogP contribution in [0.2, 0.25) is 0 Å². The SMILES string of the molecule is N#Cc1ccccc1Nc1ccc(C(=O)N2CCC(F)(F)CC2)cc1N. The minimum Gasteiger partial charge on any atom is -0.397 e. The van der Waals surface area contributed by atoms with Crippen LogP contribution in [0.3, 0.4) is 0 Å².